The molecule has 0 amide bonds. The van der Waals surface area contributed by atoms with Crippen molar-refractivity contribution in [3.8, 4) is 11.3 Å². The van der Waals surface area contributed by atoms with E-state index in [-0.39, 0.29) is 0 Å². The largest absolute Gasteiger partial charge is 0.343 e. The van der Waals surface area contributed by atoms with E-state index in [1.807, 2.05) is 13.8 Å². The minimum Gasteiger partial charge on any atom is -0.343 e. The van der Waals surface area contributed by atoms with Crippen molar-refractivity contribution < 1.29 is 0 Å². The zero-order valence-electron chi connectivity index (χ0n) is 10.6. The van der Waals surface area contributed by atoms with Crippen molar-refractivity contribution in [3.63, 3.8) is 0 Å². The number of aromatic nitrogens is 2. The maximum absolute atomic E-state index is 5.26. The Morgan fingerprint density at radius 1 is 1.00 bits per heavy atom. The molecule has 1 aromatic carbocycles. The van der Waals surface area contributed by atoms with E-state index in [0.717, 1.165) is 17.1 Å². The highest BCUT2D eigenvalue weighted by Gasteiger charge is 2.06. The molecule has 0 bridgehead atoms. The fraction of sp³-hybridized carbons (Fsp3) is 0.286. The number of nitrogens with zero attached hydrogens (tertiary/aromatic N) is 1. The van der Waals surface area contributed by atoms with E-state index in [1.54, 1.807) is 0 Å². The van der Waals surface area contributed by atoms with Gasteiger partial charge in [0, 0.05) is 5.56 Å². The lowest BCUT2D eigenvalue weighted by Crippen LogP contribution is -1.97. The van der Waals surface area contributed by atoms with Crippen LogP contribution in [0.1, 0.15) is 22.5 Å². The second-order valence-electron chi connectivity index (χ2n) is 4.50. The first-order valence-corrected chi connectivity index (χ1v) is 6.04. The molecule has 1 aromatic heterocycles. The van der Waals surface area contributed by atoms with Crippen LogP contribution in [0.25, 0.3) is 11.3 Å². The lowest BCUT2D eigenvalue weighted by Gasteiger charge is -2.09. The number of hydrogen-bond acceptors (Lipinski definition) is 2. The summed E-state index contributed by atoms with van der Waals surface area (Å²) in [5.74, 6) is 0.856. The maximum atomic E-state index is 5.26. The van der Waals surface area contributed by atoms with Crippen LogP contribution in [0.3, 0.4) is 0 Å². The average molecular weight is 244 g/mol. The van der Waals surface area contributed by atoms with Gasteiger partial charge in [-0.3, -0.25) is 0 Å². The predicted molar refractivity (Wildman–Crippen MR) is 73.8 cm³/mol. The van der Waals surface area contributed by atoms with Gasteiger partial charge in [-0.25, -0.2) is 4.98 Å². The van der Waals surface area contributed by atoms with Gasteiger partial charge in [0.2, 0.25) is 0 Å². The standard InChI is InChI=1S/C14H16N2S/c1-8-5-9(2)7-12(6-8)13-10(3)14(17)16-11(4)15-13/h5-7H,1-4H3,(H,15,16,17). The molecule has 2 rings (SSSR count). The second kappa shape index (κ2) is 4.41. The number of nitrogens with one attached hydrogen (secondary N) is 1. The summed E-state index contributed by atoms with van der Waals surface area (Å²) in [6, 6.07) is 6.50. The number of hydrogen-bond donors (Lipinski definition) is 1. The van der Waals surface area contributed by atoms with Crippen LogP contribution < -0.4 is 0 Å². The number of H-pyrrole nitrogens is 1. The number of benzene rings is 1. The van der Waals surface area contributed by atoms with Crippen LogP contribution in [0.2, 0.25) is 0 Å². The molecule has 3 heteroatoms. The maximum Gasteiger partial charge on any atom is 0.133 e. The topological polar surface area (TPSA) is 28.7 Å². The van der Waals surface area contributed by atoms with Crippen LogP contribution in [-0.2, 0) is 0 Å². The molecular weight excluding hydrogens is 228 g/mol. The van der Waals surface area contributed by atoms with Gasteiger partial charge in [0.15, 0.2) is 0 Å². The third-order valence-electron chi connectivity index (χ3n) is 2.78. The highest BCUT2D eigenvalue weighted by atomic mass is 32.1. The molecule has 0 atom stereocenters. The lowest BCUT2D eigenvalue weighted by atomic mass is 10.0. The predicted octanol–water partition coefficient (Wildman–Crippen LogP) is 4.04. The Kier molecular flexibility index (Phi) is 3.11. The zero-order valence-corrected chi connectivity index (χ0v) is 11.4. The SMILES string of the molecule is Cc1cc(C)cc(-c2[nH]c(C)nc(=S)c2C)c1. The Bertz CT molecular complexity index is 606. The summed E-state index contributed by atoms with van der Waals surface area (Å²) in [4.78, 5) is 7.57. The van der Waals surface area contributed by atoms with E-state index in [0.29, 0.717) is 4.64 Å². The first kappa shape index (κ1) is 12.0. The van der Waals surface area contributed by atoms with Gasteiger partial charge in [-0.1, -0.05) is 29.4 Å². The second-order valence-corrected chi connectivity index (χ2v) is 4.89. The monoisotopic (exact) mass is 244 g/mol. The van der Waals surface area contributed by atoms with E-state index in [1.165, 1.54) is 16.7 Å². The molecule has 0 saturated carbocycles. The van der Waals surface area contributed by atoms with E-state index >= 15 is 0 Å². The van der Waals surface area contributed by atoms with Crippen molar-refractivity contribution in [3.05, 3.63) is 45.4 Å². The van der Waals surface area contributed by atoms with Gasteiger partial charge in [-0.2, -0.15) is 0 Å². The van der Waals surface area contributed by atoms with Gasteiger partial charge >= 0.3 is 0 Å². The minimum atomic E-state index is 0.676. The van der Waals surface area contributed by atoms with Crippen molar-refractivity contribution >= 4 is 12.2 Å². The van der Waals surface area contributed by atoms with Gasteiger partial charge in [0.25, 0.3) is 0 Å². The van der Waals surface area contributed by atoms with E-state index in [2.05, 4.69) is 42.0 Å². The van der Waals surface area contributed by atoms with Crippen LogP contribution in [-0.4, -0.2) is 9.97 Å². The highest BCUT2D eigenvalue weighted by Crippen LogP contribution is 2.23. The Balaban J connectivity index is 2.72. The van der Waals surface area contributed by atoms with Crippen molar-refractivity contribution in [1.29, 1.82) is 0 Å². The summed E-state index contributed by atoms with van der Waals surface area (Å²) < 4.78 is 0.676. The molecule has 1 N–H and O–H groups in total. The van der Waals surface area contributed by atoms with Gasteiger partial charge in [0.05, 0.1) is 5.69 Å². The molecule has 17 heavy (non-hydrogen) atoms. The first-order valence-electron chi connectivity index (χ1n) is 5.63. The minimum absolute atomic E-state index is 0.676. The first-order chi connectivity index (χ1) is 7.97. The molecule has 0 fully saturated rings. The summed E-state index contributed by atoms with van der Waals surface area (Å²) in [5, 5.41) is 0. The van der Waals surface area contributed by atoms with Crippen LogP contribution in [0.5, 0.6) is 0 Å². The smallest absolute Gasteiger partial charge is 0.133 e. The normalized spacial score (nSPS) is 10.6. The third kappa shape index (κ3) is 2.44. The Hall–Kier alpha value is -1.48. The molecule has 0 saturated heterocycles. The summed E-state index contributed by atoms with van der Waals surface area (Å²) >= 11 is 5.26. The average Bonchev–Trinajstić information content (AvgIpc) is 2.22. The van der Waals surface area contributed by atoms with Gasteiger partial charge in [0.1, 0.15) is 10.5 Å². The molecule has 0 unspecified atom stereocenters. The molecule has 88 valence electrons. The molecule has 0 spiro atoms. The summed E-state index contributed by atoms with van der Waals surface area (Å²) in [5.41, 5.74) is 5.81. The van der Waals surface area contributed by atoms with E-state index in [9.17, 15) is 0 Å². The summed E-state index contributed by atoms with van der Waals surface area (Å²) in [7, 11) is 0. The molecule has 0 aliphatic carbocycles. The summed E-state index contributed by atoms with van der Waals surface area (Å²) in [6.07, 6.45) is 0. The van der Waals surface area contributed by atoms with E-state index < -0.39 is 0 Å². The van der Waals surface area contributed by atoms with Crippen molar-refractivity contribution in [1.82, 2.24) is 9.97 Å². The highest BCUT2D eigenvalue weighted by molar-refractivity contribution is 7.71. The molecule has 0 radical (unpaired) electrons. The fourth-order valence-corrected chi connectivity index (χ4v) is 2.29. The van der Waals surface area contributed by atoms with Gasteiger partial charge in [-0.15, -0.1) is 0 Å². The summed E-state index contributed by atoms with van der Waals surface area (Å²) in [6.45, 7) is 8.16. The van der Waals surface area contributed by atoms with Crippen LogP contribution in [0, 0.1) is 32.3 Å². The van der Waals surface area contributed by atoms with Crippen LogP contribution >= 0.6 is 12.2 Å². The fourth-order valence-electron chi connectivity index (χ4n) is 2.05. The van der Waals surface area contributed by atoms with E-state index in [4.69, 9.17) is 12.2 Å². The van der Waals surface area contributed by atoms with Gasteiger partial charge in [-0.05, 0) is 45.4 Å². The number of aromatic amines is 1. The molecular formula is C14H16N2S. The Labute approximate surface area is 107 Å². The van der Waals surface area contributed by atoms with Crippen molar-refractivity contribution in [2.45, 2.75) is 27.7 Å². The van der Waals surface area contributed by atoms with Crippen LogP contribution in [0.4, 0.5) is 0 Å². The molecule has 1 heterocycles. The quantitative estimate of drug-likeness (QED) is 0.767. The number of aryl methyl sites for hydroxylation is 3. The van der Waals surface area contributed by atoms with Crippen LogP contribution in [0.15, 0.2) is 18.2 Å². The number of rotatable bonds is 1. The molecule has 0 aliphatic rings. The Morgan fingerprint density at radius 3 is 2.18 bits per heavy atom. The van der Waals surface area contributed by atoms with Crippen molar-refractivity contribution in [2.75, 3.05) is 0 Å². The Morgan fingerprint density at radius 2 is 1.59 bits per heavy atom. The third-order valence-corrected chi connectivity index (χ3v) is 3.18. The molecule has 2 nitrogen and oxygen atoms in total. The lowest BCUT2D eigenvalue weighted by molar-refractivity contribution is 1.02. The molecule has 2 aromatic rings. The molecule has 0 aliphatic heterocycles. The van der Waals surface area contributed by atoms with Crippen molar-refractivity contribution in [2.24, 2.45) is 0 Å². The van der Waals surface area contributed by atoms with Gasteiger partial charge < -0.3 is 4.98 Å². The zero-order chi connectivity index (χ0) is 12.6.